The third-order valence-corrected chi connectivity index (χ3v) is 6.40. The Hall–Kier alpha value is -1.36. The van der Waals surface area contributed by atoms with E-state index >= 15 is 0 Å². The lowest BCUT2D eigenvalue weighted by atomic mass is 9.88. The van der Waals surface area contributed by atoms with Gasteiger partial charge in [0, 0.05) is 24.7 Å². The lowest BCUT2D eigenvalue weighted by molar-refractivity contribution is 0.0940. The largest absolute Gasteiger partial charge is 0.350 e. The van der Waals surface area contributed by atoms with E-state index in [1.54, 1.807) is 0 Å². The first-order valence-electron chi connectivity index (χ1n) is 10.1. The molecule has 1 aromatic rings. The first-order chi connectivity index (χ1) is 12.0. The van der Waals surface area contributed by atoms with E-state index in [0.717, 1.165) is 30.4 Å². The van der Waals surface area contributed by atoms with E-state index in [0.29, 0.717) is 18.2 Å². The highest BCUT2D eigenvalue weighted by molar-refractivity contribution is 5.93. The number of imidazole rings is 1. The van der Waals surface area contributed by atoms with Gasteiger partial charge in [-0.25, -0.2) is 4.98 Å². The van der Waals surface area contributed by atoms with Gasteiger partial charge in [-0.1, -0.05) is 26.7 Å². The number of nitrogens with one attached hydrogen (secondary N) is 2. The van der Waals surface area contributed by atoms with Crippen LogP contribution in [-0.4, -0.2) is 46.5 Å². The van der Waals surface area contributed by atoms with Crippen molar-refractivity contribution in [2.24, 2.45) is 11.3 Å². The van der Waals surface area contributed by atoms with Crippen LogP contribution in [0.5, 0.6) is 0 Å². The van der Waals surface area contributed by atoms with Gasteiger partial charge in [0.15, 0.2) is 0 Å². The maximum absolute atomic E-state index is 12.3. The van der Waals surface area contributed by atoms with Crippen molar-refractivity contribution in [2.75, 3.05) is 19.6 Å². The number of H-pyrrole nitrogens is 1. The molecule has 0 unspecified atom stereocenters. The number of rotatable bonds is 3. The van der Waals surface area contributed by atoms with E-state index < -0.39 is 0 Å². The van der Waals surface area contributed by atoms with E-state index in [4.69, 9.17) is 0 Å². The number of nitrogens with zero attached hydrogens (tertiary/aromatic N) is 2. The van der Waals surface area contributed by atoms with Crippen LogP contribution in [0.15, 0.2) is 0 Å². The lowest BCUT2D eigenvalue weighted by Crippen LogP contribution is -2.40. The number of carbonyl (C=O) groups is 1. The standard InChI is InChI=1S/C20H32N4O/c1-20(2)12-16-18(19(25)21-13-20)23-17(22-16)11-14-7-9-24(10-8-14)15-5-3-4-6-15/h14-15H,3-13H2,1-2H3,(H,21,25)(H,22,23). The number of amides is 1. The number of hydrogen-bond acceptors (Lipinski definition) is 3. The Morgan fingerprint density at radius 1 is 1.16 bits per heavy atom. The summed E-state index contributed by atoms with van der Waals surface area (Å²) in [5.41, 5.74) is 1.74. The summed E-state index contributed by atoms with van der Waals surface area (Å²) in [4.78, 5) is 23.2. The SMILES string of the molecule is CC1(C)CNC(=O)c2nc(CC3CCN(C4CCCC4)CC3)[nH]c2C1. The van der Waals surface area contributed by atoms with Gasteiger partial charge in [-0.15, -0.1) is 0 Å². The second-order valence-corrected chi connectivity index (χ2v) is 9.16. The molecule has 4 rings (SSSR count). The molecule has 138 valence electrons. The molecule has 0 bridgehead atoms. The van der Waals surface area contributed by atoms with Crippen LogP contribution in [-0.2, 0) is 12.8 Å². The number of fused-ring (bicyclic) bond motifs is 1. The molecule has 1 saturated carbocycles. The normalized spacial score (nSPS) is 25.6. The van der Waals surface area contributed by atoms with Crippen molar-refractivity contribution in [3.63, 3.8) is 0 Å². The Bertz CT molecular complexity index is 622. The van der Waals surface area contributed by atoms with Crippen molar-refractivity contribution in [1.29, 1.82) is 0 Å². The van der Waals surface area contributed by atoms with E-state index in [1.807, 2.05) is 0 Å². The molecule has 3 heterocycles. The summed E-state index contributed by atoms with van der Waals surface area (Å²) in [5.74, 6) is 1.69. The van der Waals surface area contributed by atoms with Crippen molar-refractivity contribution in [3.05, 3.63) is 17.2 Å². The molecule has 1 saturated heterocycles. The van der Waals surface area contributed by atoms with Crippen LogP contribution in [0.1, 0.15) is 74.4 Å². The summed E-state index contributed by atoms with van der Waals surface area (Å²) in [5, 5.41) is 3.02. The Morgan fingerprint density at radius 2 is 1.88 bits per heavy atom. The minimum Gasteiger partial charge on any atom is -0.350 e. The second kappa shape index (κ2) is 6.75. The van der Waals surface area contributed by atoms with E-state index in [9.17, 15) is 4.79 Å². The van der Waals surface area contributed by atoms with Crippen LogP contribution in [0.25, 0.3) is 0 Å². The third-order valence-electron chi connectivity index (χ3n) is 6.40. The quantitative estimate of drug-likeness (QED) is 0.886. The van der Waals surface area contributed by atoms with Crippen molar-refractivity contribution in [1.82, 2.24) is 20.2 Å². The highest BCUT2D eigenvalue weighted by Crippen LogP contribution is 2.30. The fourth-order valence-electron chi connectivity index (χ4n) is 4.89. The van der Waals surface area contributed by atoms with Crippen LogP contribution in [0.3, 0.4) is 0 Å². The van der Waals surface area contributed by atoms with Gasteiger partial charge in [-0.2, -0.15) is 0 Å². The minimum atomic E-state index is -0.0147. The maximum atomic E-state index is 12.3. The molecule has 2 aliphatic heterocycles. The zero-order chi connectivity index (χ0) is 17.4. The number of aromatic amines is 1. The summed E-state index contributed by atoms with van der Waals surface area (Å²) in [6, 6.07) is 0.853. The predicted molar refractivity (Wildman–Crippen MR) is 98.7 cm³/mol. The zero-order valence-electron chi connectivity index (χ0n) is 15.7. The van der Waals surface area contributed by atoms with E-state index in [1.165, 1.54) is 51.6 Å². The van der Waals surface area contributed by atoms with Gasteiger partial charge >= 0.3 is 0 Å². The first-order valence-corrected chi connectivity index (χ1v) is 10.1. The summed E-state index contributed by atoms with van der Waals surface area (Å²) in [6.07, 6.45) is 10.0. The van der Waals surface area contributed by atoms with E-state index in [2.05, 4.69) is 34.0 Å². The lowest BCUT2D eigenvalue weighted by Gasteiger charge is -2.35. The van der Waals surface area contributed by atoms with Gasteiger partial charge in [0.25, 0.3) is 5.91 Å². The molecule has 2 fully saturated rings. The average molecular weight is 345 g/mol. The van der Waals surface area contributed by atoms with Crippen LogP contribution in [0.2, 0.25) is 0 Å². The number of carbonyl (C=O) groups excluding carboxylic acids is 1. The third kappa shape index (κ3) is 3.76. The molecule has 1 aromatic heterocycles. The van der Waals surface area contributed by atoms with Gasteiger partial charge in [0.1, 0.15) is 11.5 Å². The molecular weight excluding hydrogens is 312 g/mol. The summed E-state index contributed by atoms with van der Waals surface area (Å²) < 4.78 is 0. The maximum Gasteiger partial charge on any atom is 0.271 e. The van der Waals surface area contributed by atoms with Gasteiger partial charge in [0.2, 0.25) is 0 Å². The molecule has 0 aromatic carbocycles. The van der Waals surface area contributed by atoms with Crippen molar-refractivity contribution in [3.8, 4) is 0 Å². The second-order valence-electron chi connectivity index (χ2n) is 9.16. The highest BCUT2D eigenvalue weighted by atomic mass is 16.1. The van der Waals surface area contributed by atoms with Crippen molar-refractivity contribution in [2.45, 2.75) is 71.3 Å². The Labute approximate surface area is 151 Å². The molecule has 1 amide bonds. The summed E-state index contributed by atoms with van der Waals surface area (Å²) in [6.45, 7) is 7.58. The molecule has 0 spiro atoms. The molecule has 2 N–H and O–H groups in total. The molecule has 3 aliphatic rings. The van der Waals surface area contributed by atoms with Gasteiger partial charge in [0.05, 0.1) is 0 Å². The van der Waals surface area contributed by atoms with Crippen molar-refractivity contribution >= 4 is 5.91 Å². The van der Waals surface area contributed by atoms with Gasteiger partial charge in [-0.05, 0) is 56.5 Å². The van der Waals surface area contributed by atoms with Crippen LogP contribution in [0, 0.1) is 11.3 Å². The zero-order valence-corrected chi connectivity index (χ0v) is 15.7. The summed E-state index contributed by atoms with van der Waals surface area (Å²) in [7, 11) is 0. The molecular formula is C20H32N4O. The fraction of sp³-hybridized carbons (Fsp3) is 0.800. The predicted octanol–water partition coefficient (Wildman–Crippen LogP) is 2.92. The molecule has 0 atom stereocenters. The Kier molecular flexibility index (Phi) is 4.61. The van der Waals surface area contributed by atoms with E-state index in [-0.39, 0.29) is 11.3 Å². The number of hydrogen-bond donors (Lipinski definition) is 2. The average Bonchev–Trinajstić information content (AvgIpc) is 3.21. The van der Waals surface area contributed by atoms with Gasteiger partial charge in [-0.3, -0.25) is 4.79 Å². The smallest absolute Gasteiger partial charge is 0.271 e. The first kappa shape index (κ1) is 17.1. The van der Waals surface area contributed by atoms with Crippen molar-refractivity contribution < 1.29 is 4.79 Å². The molecule has 0 radical (unpaired) electrons. The Balaban J connectivity index is 1.38. The number of piperidine rings is 1. The van der Waals surface area contributed by atoms with Crippen LogP contribution < -0.4 is 5.32 Å². The van der Waals surface area contributed by atoms with Crippen LogP contribution in [0.4, 0.5) is 0 Å². The molecule has 5 heteroatoms. The topological polar surface area (TPSA) is 61.0 Å². The minimum absolute atomic E-state index is 0.0147. The monoisotopic (exact) mass is 344 g/mol. The number of aromatic nitrogens is 2. The fourth-order valence-corrected chi connectivity index (χ4v) is 4.89. The van der Waals surface area contributed by atoms with Crippen LogP contribution >= 0.6 is 0 Å². The molecule has 1 aliphatic carbocycles. The highest BCUT2D eigenvalue weighted by Gasteiger charge is 2.31. The summed E-state index contributed by atoms with van der Waals surface area (Å²) >= 11 is 0. The van der Waals surface area contributed by atoms with Gasteiger partial charge < -0.3 is 15.2 Å². The molecule has 25 heavy (non-hydrogen) atoms. The Morgan fingerprint density at radius 3 is 2.60 bits per heavy atom. The molecule has 5 nitrogen and oxygen atoms in total. The number of likely N-dealkylation sites (tertiary alicyclic amines) is 1.